The van der Waals surface area contributed by atoms with E-state index in [1.165, 1.54) is 0 Å². The van der Waals surface area contributed by atoms with Gasteiger partial charge in [-0.1, -0.05) is 0 Å². The fraction of sp³-hybridized carbons (Fsp3) is 1.00. The zero-order valence-corrected chi connectivity index (χ0v) is 13.5. The van der Waals surface area contributed by atoms with Gasteiger partial charge in [-0.25, -0.2) is 0 Å². The average molecular weight is 331 g/mol. The maximum atomic E-state index is 5.93. The van der Waals surface area contributed by atoms with E-state index in [9.17, 15) is 0 Å². The van der Waals surface area contributed by atoms with E-state index in [2.05, 4.69) is 27.7 Å². The molecule has 0 atom stereocenters. The van der Waals surface area contributed by atoms with Crippen LogP contribution in [0.3, 0.4) is 0 Å². The van der Waals surface area contributed by atoms with Crippen LogP contribution in [-0.2, 0) is 0 Å². The molecule has 12 heavy (non-hydrogen) atoms. The van der Waals surface area contributed by atoms with Crippen molar-refractivity contribution < 1.29 is 0 Å². The third kappa shape index (κ3) is 6.48. The van der Waals surface area contributed by atoms with Crippen LogP contribution in [0.2, 0.25) is 0 Å². The predicted octanol–water partition coefficient (Wildman–Crippen LogP) is 4.06. The molecule has 0 aliphatic carbocycles. The molecule has 0 amide bonds. The number of hydrogen-bond acceptors (Lipinski definition) is 0. The fourth-order valence-electron chi connectivity index (χ4n) is 0.927. The van der Waals surface area contributed by atoms with E-state index in [1.54, 1.807) is 0 Å². The molecule has 0 aromatic heterocycles. The summed E-state index contributed by atoms with van der Waals surface area (Å²) in [4.78, 5) is 0. The SMILES string of the molecule is CC(C)P([Se][Si](Cl)(Cl)Cl)C(C)C. The molecule has 0 radical (unpaired) electrons. The second-order valence-electron chi connectivity index (χ2n) is 3.08. The standard InChI is InChI=1S/C6H14Cl3PSeSi/c1-5(2)10(6(3)4)11-12(7,8)9/h5-6H,1-4H3. The topological polar surface area (TPSA) is 0 Å². The summed E-state index contributed by atoms with van der Waals surface area (Å²) < 4.78 is -2.34. The molecule has 0 saturated heterocycles. The summed E-state index contributed by atoms with van der Waals surface area (Å²) in [6.45, 7) is 8.90. The zero-order chi connectivity index (χ0) is 9.94. The van der Waals surface area contributed by atoms with E-state index in [0.717, 1.165) is 0 Å². The Morgan fingerprint density at radius 3 is 1.42 bits per heavy atom. The van der Waals surface area contributed by atoms with E-state index >= 15 is 0 Å². The first kappa shape index (κ1) is 14.0. The van der Waals surface area contributed by atoms with Crippen molar-refractivity contribution in [1.29, 1.82) is 0 Å². The summed E-state index contributed by atoms with van der Waals surface area (Å²) >= 11 is 18.1. The van der Waals surface area contributed by atoms with E-state index in [-0.39, 0.29) is 20.5 Å². The molecule has 0 fully saturated rings. The molecule has 0 bridgehead atoms. The normalized spacial score (nSPS) is 13.5. The van der Waals surface area contributed by atoms with Gasteiger partial charge in [-0.05, 0) is 0 Å². The summed E-state index contributed by atoms with van der Waals surface area (Å²) in [6.07, 6.45) is 0. The molecule has 0 aromatic rings. The van der Waals surface area contributed by atoms with Crippen LogP contribution in [0.5, 0.6) is 0 Å². The molecular formula is C6H14Cl3PSeSi. The van der Waals surface area contributed by atoms with Gasteiger partial charge >= 0.3 is 97.3 Å². The molecule has 0 aromatic carbocycles. The van der Waals surface area contributed by atoms with Crippen LogP contribution >= 0.6 is 39.8 Å². The van der Waals surface area contributed by atoms with Crippen molar-refractivity contribution in [3.05, 3.63) is 0 Å². The molecule has 0 spiro atoms. The van der Waals surface area contributed by atoms with Crippen LogP contribution < -0.4 is 0 Å². The molecule has 0 nitrogen and oxygen atoms in total. The molecule has 0 saturated carbocycles. The first-order valence-corrected chi connectivity index (χ1v) is 15.0. The third-order valence-electron chi connectivity index (χ3n) is 1.23. The van der Waals surface area contributed by atoms with E-state index < -0.39 is 4.61 Å². The van der Waals surface area contributed by atoms with Gasteiger partial charge in [0.1, 0.15) is 0 Å². The van der Waals surface area contributed by atoms with Crippen LogP contribution in [0.15, 0.2) is 0 Å². The molecule has 0 aliphatic rings. The Morgan fingerprint density at radius 2 is 1.33 bits per heavy atom. The van der Waals surface area contributed by atoms with Gasteiger partial charge in [-0.3, -0.25) is 0 Å². The average Bonchev–Trinajstić information content (AvgIpc) is 1.79. The number of rotatable bonds is 4. The van der Waals surface area contributed by atoms with Crippen molar-refractivity contribution in [3.63, 3.8) is 0 Å². The Morgan fingerprint density at radius 1 is 1.00 bits per heavy atom. The first-order valence-electron chi connectivity index (χ1n) is 3.78. The van der Waals surface area contributed by atoms with Crippen molar-refractivity contribution >= 4 is 58.3 Å². The van der Waals surface area contributed by atoms with Crippen molar-refractivity contribution in [2.75, 3.05) is 0 Å². The summed E-state index contributed by atoms with van der Waals surface area (Å²) in [6, 6.07) is 0. The fourth-order valence-corrected chi connectivity index (χ4v) is 28.4. The minimum absolute atomic E-state index is 0.0383. The third-order valence-corrected chi connectivity index (χ3v) is 27.8. The van der Waals surface area contributed by atoms with Crippen LogP contribution in [-0.4, -0.2) is 29.8 Å². The number of halogens is 3. The quantitative estimate of drug-likeness (QED) is 0.414. The van der Waals surface area contributed by atoms with Gasteiger partial charge in [0.25, 0.3) is 0 Å². The summed E-state index contributed by atoms with van der Waals surface area (Å²) in [7, 11) is 0. The summed E-state index contributed by atoms with van der Waals surface area (Å²) in [5, 5.41) is 0. The van der Waals surface area contributed by atoms with Crippen LogP contribution in [0.4, 0.5) is 0 Å². The Hall–Kier alpha value is 2.04. The second-order valence-corrected chi connectivity index (χ2v) is 28.9. The van der Waals surface area contributed by atoms with Gasteiger partial charge in [0.15, 0.2) is 0 Å². The Labute approximate surface area is 96.8 Å². The molecule has 6 heteroatoms. The van der Waals surface area contributed by atoms with Gasteiger partial charge in [0.2, 0.25) is 0 Å². The Kier molecular flexibility index (Phi) is 6.79. The van der Waals surface area contributed by atoms with Gasteiger partial charge < -0.3 is 0 Å². The predicted molar refractivity (Wildman–Crippen MR) is 66.3 cm³/mol. The number of hydrogen-bond donors (Lipinski definition) is 0. The molecule has 0 N–H and O–H groups in total. The van der Waals surface area contributed by atoms with Crippen molar-refractivity contribution in [2.24, 2.45) is 0 Å². The van der Waals surface area contributed by atoms with Crippen LogP contribution in [0.25, 0.3) is 0 Å². The molecule has 0 unspecified atom stereocenters. The zero-order valence-electron chi connectivity index (χ0n) is 7.64. The Bertz CT molecular complexity index is 129. The van der Waals surface area contributed by atoms with Gasteiger partial charge in [-0.15, -0.1) is 0 Å². The maximum absolute atomic E-state index is 5.93. The molecule has 0 aliphatic heterocycles. The van der Waals surface area contributed by atoms with Gasteiger partial charge in [0.05, 0.1) is 0 Å². The van der Waals surface area contributed by atoms with Crippen molar-refractivity contribution in [3.8, 4) is 0 Å². The monoisotopic (exact) mass is 330 g/mol. The molecular weight excluding hydrogens is 316 g/mol. The van der Waals surface area contributed by atoms with E-state index in [0.29, 0.717) is 11.3 Å². The first-order chi connectivity index (χ1) is 5.24. The summed E-state index contributed by atoms with van der Waals surface area (Å²) in [5.41, 5.74) is 1.39. The minimum atomic E-state index is -2.34. The van der Waals surface area contributed by atoms with Gasteiger partial charge in [0, 0.05) is 0 Å². The van der Waals surface area contributed by atoms with Gasteiger partial charge in [-0.2, -0.15) is 0 Å². The van der Waals surface area contributed by atoms with Crippen LogP contribution in [0, 0.1) is 0 Å². The van der Waals surface area contributed by atoms with E-state index in [1.807, 2.05) is 0 Å². The van der Waals surface area contributed by atoms with Crippen LogP contribution in [0.1, 0.15) is 27.7 Å². The van der Waals surface area contributed by atoms with Crippen molar-refractivity contribution in [2.45, 2.75) is 39.0 Å². The Balaban J connectivity index is 4.15. The molecule has 74 valence electrons. The molecule has 0 rings (SSSR count). The summed E-state index contributed by atoms with van der Waals surface area (Å²) in [5.74, 6) is 0. The molecule has 0 heterocycles. The van der Waals surface area contributed by atoms with Crippen molar-refractivity contribution in [1.82, 2.24) is 0 Å². The van der Waals surface area contributed by atoms with E-state index in [4.69, 9.17) is 33.2 Å². The second kappa shape index (κ2) is 5.81.